The summed E-state index contributed by atoms with van der Waals surface area (Å²) in [6, 6.07) is 5.33. The zero-order valence-electron chi connectivity index (χ0n) is 14.4. The molecule has 6 nitrogen and oxygen atoms in total. The van der Waals surface area contributed by atoms with E-state index in [0.717, 1.165) is 10.2 Å². The van der Waals surface area contributed by atoms with E-state index in [1.54, 1.807) is 12.1 Å². The average Bonchev–Trinajstić information content (AvgIpc) is 2.90. The lowest BCUT2D eigenvalue weighted by atomic mass is 10.2. The van der Waals surface area contributed by atoms with Gasteiger partial charge in [0.2, 0.25) is 0 Å². The van der Waals surface area contributed by atoms with Gasteiger partial charge in [0, 0.05) is 19.1 Å². The van der Waals surface area contributed by atoms with Gasteiger partial charge in [0.25, 0.3) is 5.91 Å². The fourth-order valence-corrected chi connectivity index (χ4v) is 3.24. The number of amides is 1. The molecule has 2 rings (SSSR count). The Hall–Kier alpha value is -1.99. The summed E-state index contributed by atoms with van der Waals surface area (Å²) in [6.45, 7) is 7.33. The highest BCUT2D eigenvalue weighted by Crippen LogP contribution is 2.20. The second-order valence-corrected chi connectivity index (χ2v) is 6.52. The molecule has 0 aliphatic heterocycles. The van der Waals surface area contributed by atoms with Gasteiger partial charge in [0.1, 0.15) is 0 Å². The van der Waals surface area contributed by atoms with E-state index in [0.29, 0.717) is 30.1 Å². The van der Waals surface area contributed by atoms with Gasteiger partial charge in [-0.05, 0) is 25.1 Å². The molecule has 0 radical (unpaired) electrons. The second kappa shape index (κ2) is 8.21. The van der Waals surface area contributed by atoms with Gasteiger partial charge >= 0.3 is 5.97 Å². The van der Waals surface area contributed by atoms with Crippen molar-refractivity contribution in [2.24, 2.45) is 10.9 Å². The fourth-order valence-electron chi connectivity index (χ4n) is 2.14. The molecule has 1 aromatic carbocycles. The predicted molar refractivity (Wildman–Crippen MR) is 93.1 cm³/mol. The van der Waals surface area contributed by atoms with Crippen LogP contribution in [0.15, 0.2) is 23.2 Å². The lowest BCUT2D eigenvalue weighted by Gasteiger charge is -2.06. The first-order valence-electron chi connectivity index (χ1n) is 7.86. The summed E-state index contributed by atoms with van der Waals surface area (Å²) in [7, 11) is 1.35. The second-order valence-electron chi connectivity index (χ2n) is 5.51. The maximum atomic E-state index is 12.0. The van der Waals surface area contributed by atoms with Gasteiger partial charge in [-0.2, -0.15) is 4.99 Å². The Labute approximate surface area is 144 Å². The number of aromatic nitrogens is 1. The van der Waals surface area contributed by atoms with Crippen LogP contribution in [0.2, 0.25) is 0 Å². The molecule has 1 heterocycles. The maximum absolute atomic E-state index is 12.0. The van der Waals surface area contributed by atoms with Crippen LogP contribution in [-0.4, -0.2) is 36.8 Å². The Morgan fingerprint density at radius 1 is 1.33 bits per heavy atom. The number of hydrogen-bond acceptors (Lipinski definition) is 5. The lowest BCUT2D eigenvalue weighted by Crippen LogP contribution is -2.20. The predicted octanol–water partition coefficient (Wildman–Crippen LogP) is 2.61. The molecule has 0 atom stereocenters. The summed E-state index contributed by atoms with van der Waals surface area (Å²) in [5, 5.41) is 0. The number of nitrogens with zero attached hydrogens (tertiary/aromatic N) is 2. The molecule has 0 saturated heterocycles. The first-order chi connectivity index (χ1) is 11.5. The molecule has 0 bridgehead atoms. The van der Waals surface area contributed by atoms with Gasteiger partial charge in [0.15, 0.2) is 4.80 Å². The monoisotopic (exact) mass is 350 g/mol. The Bertz CT molecular complexity index is 805. The standard InChI is InChI=1S/C17H22N2O4S/c1-5-23-9-8-19-13-7-6-12(16(21)22-4)10-14(13)24-17(19)18-15(20)11(2)3/h6-7,10-11H,5,8-9H2,1-4H3. The van der Waals surface area contributed by atoms with Gasteiger partial charge in [0.05, 0.1) is 29.5 Å². The van der Waals surface area contributed by atoms with Crippen LogP contribution in [-0.2, 0) is 20.8 Å². The molecule has 1 aromatic heterocycles. The largest absolute Gasteiger partial charge is 0.465 e. The molecule has 2 aromatic rings. The summed E-state index contributed by atoms with van der Waals surface area (Å²) in [4.78, 5) is 28.6. The van der Waals surface area contributed by atoms with E-state index >= 15 is 0 Å². The highest BCUT2D eigenvalue weighted by molar-refractivity contribution is 7.16. The van der Waals surface area contributed by atoms with E-state index in [-0.39, 0.29) is 17.8 Å². The molecule has 0 N–H and O–H groups in total. The van der Waals surface area contributed by atoms with Crippen LogP contribution >= 0.6 is 11.3 Å². The smallest absolute Gasteiger partial charge is 0.337 e. The molecular weight excluding hydrogens is 328 g/mol. The highest BCUT2D eigenvalue weighted by atomic mass is 32.1. The first-order valence-corrected chi connectivity index (χ1v) is 8.67. The number of ether oxygens (including phenoxy) is 2. The topological polar surface area (TPSA) is 69.9 Å². The third-order valence-electron chi connectivity index (χ3n) is 3.47. The van der Waals surface area contributed by atoms with Crippen LogP contribution in [0.25, 0.3) is 10.2 Å². The van der Waals surface area contributed by atoms with Gasteiger partial charge in [-0.3, -0.25) is 4.79 Å². The molecule has 1 amide bonds. The average molecular weight is 350 g/mol. The Morgan fingerprint density at radius 3 is 2.71 bits per heavy atom. The van der Waals surface area contributed by atoms with Crippen LogP contribution in [0.1, 0.15) is 31.1 Å². The fraction of sp³-hybridized carbons (Fsp3) is 0.471. The Kier molecular flexibility index (Phi) is 6.28. The van der Waals surface area contributed by atoms with E-state index < -0.39 is 0 Å². The van der Waals surface area contributed by atoms with Gasteiger partial charge in [-0.15, -0.1) is 0 Å². The quantitative estimate of drug-likeness (QED) is 0.593. The zero-order valence-corrected chi connectivity index (χ0v) is 15.2. The van der Waals surface area contributed by atoms with Crippen LogP contribution in [0.5, 0.6) is 0 Å². The summed E-state index contributed by atoms with van der Waals surface area (Å²) in [5.41, 5.74) is 1.40. The van der Waals surface area contributed by atoms with E-state index in [4.69, 9.17) is 9.47 Å². The number of rotatable bonds is 6. The Balaban J connectivity index is 2.54. The number of carbonyl (C=O) groups is 2. The maximum Gasteiger partial charge on any atom is 0.337 e. The van der Waals surface area contributed by atoms with Crippen LogP contribution < -0.4 is 4.80 Å². The summed E-state index contributed by atoms with van der Waals surface area (Å²) in [6.07, 6.45) is 0. The molecule has 7 heteroatoms. The number of hydrogen-bond donors (Lipinski definition) is 0. The molecular formula is C17H22N2O4S. The van der Waals surface area contributed by atoms with E-state index in [9.17, 15) is 9.59 Å². The summed E-state index contributed by atoms with van der Waals surface area (Å²) < 4.78 is 13.0. The number of methoxy groups -OCH3 is 1. The highest BCUT2D eigenvalue weighted by Gasteiger charge is 2.13. The Morgan fingerprint density at radius 2 is 2.08 bits per heavy atom. The number of thiazole rings is 1. The van der Waals surface area contributed by atoms with E-state index in [1.807, 2.05) is 31.4 Å². The van der Waals surface area contributed by atoms with Crippen molar-refractivity contribution in [3.63, 3.8) is 0 Å². The molecule has 130 valence electrons. The number of carbonyl (C=O) groups excluding carboxylic acids is 2. The third-order valence-corrected chi connectivity index (χ3v) is 4.51. The number of benzene rings is 1. The third kappa shape index (κ3) is 4.10. The lowest BCUT2D eigenvalue weighted by molar-refractivity contribution is -0.120. The molecule has 0 fully saturated rings. The van der Waals surface area contributed by atoms with Crippen molar-refractivity contribution in [2.75, 3.05) is 20.3 Å². The van der Waals surface area contributed by atoms with E-state index in [2.05, 4.69) is 4.99 Å². The van der Waals surface area contributed by atoms with Crippen molar-refractivity contribution < 1.29 is 19.1 Å². The minimum atomic E-state index is -0.386. The normalized spacial score (nSPS) is 12.1. The van der Waals surface area contributed by atoms with Crippen molar-refractivity contribution in [3.8, 4) is 0 Å². The van der Waals surface area contributed by atoms with Gasteiger partial charge < -0.3 is 14.0 Å². The van der Waals surface area contributed by atoms with Crippen molar-refractivity contribution in [3.05, 3.63) is 28.6 Å². The summed E-state index contributed by atoms with van der Waals surface area (Å²) in [5.74, 6) is -0.719. The van der Waals surface area contributed by atoms with Crippen molar-refractivity contribution in [2.45, 2.75) is 27.3 Å². The van der Waals surface area contributed by atoms with E-state index in [1.165, 1.54) is 18.4 Å². The SMILES string of the molecule is CCOCCn1c(=NC(=O)C(C)C)sc2cc(C(=O)OC)ccc21. The van der Waals surface area contributed by atoms with Gasteiger partial charge in [-0.1, -0.05) is 25.2 Å². The number of fused-ring (bicyclic) bond motifs is 1. The summed E-state index contributed by atoms with van der Waals surface area (Å²) >= 11 is 1.38. The van der Waals surface area contributed by atoms with Crippen LogP contribution in [0, 0.1) is 5.92 Å². The molecule has 24 heavy (non-hydrogen) atoms. The van der Waals surface area contributed by atoms with Crippen molar-refractivity contribution in [1.29, 1.82) is 0 Å². The molecule has 0 saturated carbocycles. The molecule has 0 unspecified atom stereocenters. The van der Waals surface area contributed by atoms with Crippen molar-refractivity contribution >= 4 is 33.4 Å². The minimum absolute atomic E-state index is 0.166. The van der Waals surface area contributed by atoms with Crippen LogP contribution in [0.3, 0.4) is 0 Å². The first kappa shape index (κ1) is 18.4. The van der Waals surface area contributed by atoms with Crippen molar-refractivity contribution in [1.82, 2.24) is 4.57 Å². The van der Waals surface area contributed by atoms with Gasteiger partial charge in [-0.25, -0.2) is 4.79 Å². The molecule has 0 spiro atoms. The zero-order chi connectivity index (χ0) is 17.7. The number of esters is 1. The minimum Gasteiger partial charge on any atom is -0.465 e. The molecule has 0 aliphatic rings. The molecule has 0 aliphatic carbocycles. The van der Waals surface area contributed by atoms with Crippen LogP contribution in [0.4, 0.5) is 0 Å².